The van der Waals surface area contributed by atoms with Gasteiger partial charge in [0.2, 0.25) is 18.1 Å². The van der Waals surface area contributed by atoms with Gasteiger partial charge < -0.3 is 24.6 Å². The van der Waals surface area contributed by atoms with E-state index in [4.69, 9.17) is 9.47 Å². The molecule has 1 N–H and O–H groups in total. The molecule has 2 atom stereocenters. The minimum atomic E-state index is -0.0519. The molecule has 33 heavy (non-hydrogen) atoms. The van der Waals surface area contributed by atoms with Crippen molar-refractivity contribution in [2.75, 3.05) is 32.6 Å². The molecule has 8 nitrogen and oxygen atoms in total. The molecule has 1 aliphatic heterocycles. The Labute approximate surface area is 195 Å². The molecule has 3 rings (SSSR count). The third-order valence-corrected chi connectivity index (χ3v) is 5.86. The third kappa shape index (κ3) is 5.55. The lowest BCUT2D eigenvalue weighted by Crippen LogP contribution is -2.61. The topological polar surface area (TPSA) is 90.2 Å². The molecule has 1 fully saturated rings. The van der Waals surface area contributed by atoms with Gasteiger partial charge in [0.1, 0.15) is 0 Å². The molecule has 0 radical (unpaired) electrons. The molecule has 0 unspecified atom stereocenters. The second-order valence-electron chi connectivity index (χ2n) is 8.25. The van der Waals surface area contributed by atoms with Crippen molar-refractivity contribution in [1.29, 1.82) is 5.26 Å². The number of piperazine rings is 1. The quantitative estimate of drug-likeness (QED) is 0.427. The number of nitrogens with zero attached hydrogens (tertiary/aromatic N) is 4. The van der Waals surface area contributed by atoms with Crippen molar-refractivity contribution in [2.45, 2.75) is 39.3 Å². The molecular formula is C25H31N5O3. The van der Waals surface area contributed by atoms with Gasteiger partial charge in [0.05, 0.1) is 20.6 Å². The average Bonchev–Trinajstić information content (AvgIpc) is 2.79. The first-order valence-corrected chi connectivity index (χ1v) is 10.9. The van der Waals surface area contributed by atoms with Gasteiger partial charge in [-0.2, -0.15) is 5.26 Å². The largest absolute Gasteiger partial charge is 0.493 e. The number of guanidine groups is 1. The number of benzene rings is 2. The highest BCUT2D eigenvalue weighted by atomic mass is 16.5. The number of aryl methyl sites for hydroxylation is 1. The van der Waals surface area contributed by atoms with Gasteiger partial charge in [-0.15, -0.1) is 4.99 Å². The highest BCUT2D eigenvalue weighted by molar-refractivity contribution is 5.95. The number of rotatable bonds is 5. The summed E-state index contributed by atoms with van der Waals surface area (Å²) in [5.41, 5.74) is 2.83. The number of hydrogen-bond donors (Lipinski definition) is 1. The van der Waals surface area contributed by atoms with Crippen LogP contribution in [0.5, 0.6) is 11.5 Å². The van der Waals surface area contributed by atoms with Crippen molar-refractivity contribution in [3.8, 4) is 17.7 Å². The number of methoxy groups -OCH3 is 2. The Balaban J connectivity index is 1.72. The van der Waals surface area contributed by atoms with E-state index in [1.165, 1.54) is 0 Å². The van der Waals surface area contributed by atoms with Crippen LogP contribution in [0, 0.1) is 18.4 Å². The van der Waals surface area contributed by atoms with Crippen LogP contribution in [-0.4, -0.2) is 61.1 Å². The summed E-state index contributed by atoms with van der Waals surface area (Å²) in [5.74, 6) is 1.79. The van der Waals surface area contributed by atoms with Gasteiger partial charge in [0.25, 0.3) is 0 Å². The predicted octanol–water partition coefficient (Wildman–Crippen LogP) is 3.43. The number of ether oxygens (including phenoxy) is 2. The van der Waals surface area contributed by atoms with Gasteiger partial charge in [-0.3, -0.25) is 4.79 Å². The molecule has 2 aromatic carbocycles. The Morgan fingerprint density at radius 1 is 1.12 bits per heavy atom. The van der Waals surface area contributed by atoms with E-state index in [9.17, 15) is 10.1 Å². The van der Waals surface area contributed by atoms with Crippen LogP contribution in [0.3, 0.4) is 0 Å². The standard InChI is InChI=1S/C25H31N5O3/c1-17-8-6-7-9-21(17)28-25(27-16-26)29-14-18(2)30(19(3)15-29)24(31)13-20-10-11-22(32-4)23(12-20)33-5/h6-12,18-19H,13-15H2,1-5H3,(H,27,28)/t18-,19+. The number of hydrogen-bond acceptors (Lipinski definition) is 5. The fraction of sp³-hybridized carbons (Fsp3) is 0.400. The average molecular weight is 450 g/mol. The highest BCUT2D eigenvalue weighted by Gasteiger charge is 2.34. The molecule has 1 saturated heterocycles. The summed E-state index contributed by atoms with van der Waals surface area (Å²) >= 11 is 0. The van der Waals surface area contributed by atoms with Crippen LogP contribution < -0.4 is 14.8 Å². The van der Waals surface area contributed by atoms with E-state index in [1.807, 2.05) is 79.2 Å². The second kappa shape index (κ2) is 10.7. The zero-order valence-corrected chi connectivity index (χ0v) is 19.8. The lowest BCUT2D eigenvalue weighted by Gasteiger charge is -2.45. The summed E-state index contributed by atoms with van der Waals surface area (Å²) in [6, 6.07) is 13.3. The lowest BCUT2D eigenvalue weighted by atomic mass is 10.0. The molecule has 0 spiro atoms. The zero-order chi connectivity index (χ0) is 24.0. The Kier molecular flexibility index (Phi) is 7.78. The SMILES string of the molecule is COc1ccc(CC(=O)N2[C@H](C)CN(/C(=N\C#N)Nc3ccccc3C)C[C@@H]2C)cc1OC. The van der Waals surface area contributed by atoms with E-state index in [0.717, 1.165) is 16.8 Å². The van der Waals surface area contributed by atoms with Gasteiger partial charge in [-0.05, 0) is 50.1 Å². The van der Waals surface area contributed by atoms with Crippen LogP contribution in [0.1, 0.15) is 25.0 Å². The van der Waals surface area contributed by atoms with Crippen molar-refractivity contribution >= 4 is 17.6 Å². The number of carbonyl (C=O) groups excluding carboxylic acids is 1. The smallest absolute Gasteiger partial charge is 0.227 e. The second-order valence-corrected chi connectivity index (χ2v) is 8.25. The van der Waals surface area contributed by atoms with E-state index in [2.05, 4.69) is 10.3 Å². The van der Waals surface area contributed by atoms with Gasteiger partial charge in [-0.25, -0.2) is 0 Å². The molecule has 0 saturated carbocycles. The molecule has 0 aromatic heterocycles. The minimum absolute atomic E-state index is 0.0486. The minimum Gasteiger partial charge on any atom is -0.493 e. The zero-order valence-electron chi connectivity index (χ0n) is 19.8. The van der Waals surface area contributed by atoms with Crippen molar-refractivity contribution in [2.24, 2.45) is 4.99 Å². The third-order valence-electron chi connectivity index (χ3n) is 5.86. The maximum atomic E-state index is 13.2. The van der Waals surface area contributed by atoms with E-state index >= 15 is 0 Å². The first-order chi connectivity index (χ1) is 15.9. The number of carbonyl (C=O) groups is 1. The number of para-hydroxylation sites is 1. The van der Waals surface area contributed by atoms with Crippen LogP contribution in [0.4, 0.5) is 5.69 Å². The lowest BCUT2D eigenvalue weighted by molar-refractivity contribution is -0.137. The molecule has 1 amide bonds. The number of amides is 1. The monoisotopic (exact) mass is 449 g/mol. The summed E-state index contributed by atoms with van der Waals surface area (Å²) in [5, 5.41) is 12.5. The van der Waals surface area contributed by atoms with Gasteiger partial charge in [0.15, 0.2) is 11.5 Å². The molecule has 0 aliphatic carbocycles. The summed E-state index contributed by atoms with van der Waals surface area (Å²) in [6.45, 7) is 7.19. The Morgan fingerprint density at radius 2 is 1.79 bits per heavy atom. The van der Waals surface area contributed by atoms with Gasteiger partial charge in [-0.1, -0.05) is 24.3 Å². The molecule has 174 valence electrons. The highest BCUT2D eigenvalue weighted by Crippen LogP contribution is 2.28. The normalized spacial score (nSPS) is 18.5. The van der Waals surface area contributed by atoms with Gasteiger partial charge in [0, 0.05) is 30.9 Å². The number of nitrogens with one attached hydrogen (secondary N) is 1. The van der Waals surface area contributed by atoms with Crippen molar-refractivity contribution < 1.29 is 14.3 Å². The van der Waals surface area contributed by atoms with Crippen molar-refractivity contribution in [1.82, 2.24) is 9.80 Å². The Morgan fingerprint density at radius 3 is 2.39 bits per heavy atom. The Bertz CT molecular complexity index is 1050. The van der Waals surface area contributed by atoms with Crippen LogP contribution in [0.2, 0.25) is 0 Å². The number of anilines is 1. The van der Waals surface area contributed by atoms with E-state index in [1.54, 1.807) is 14.2 Å². The molecule has 1 heterocycles. The van der Waals surface area contributed by atoms with Crippen LogP contribution in [-0.2, 0) is 11.2 Å². The van der Waals surface area contributed by atoms with Crippen molar-refractivity contribution in [3.63, 3.8) is 0 Å². The first kappa shape index (κ1) is 23.9. The van der Waals surface area contributed by atoms with E-state index in [-0.39, 0.29) is 24.4 Å². The summed E-state index contributed by atoms with van der Waals surface area (Å²) in [6.07, 6.45) is 2.18. The fourth-order valence-electron chi connectivity index (χ4n) is 4.30. The molecule has 2 aromatic rings. The molecule has 1 aliphatic rings. The van der Waals surface area contributed by atoms with Crippen LogP contribution in [0.15, 0.2) is 47.5 Å². The van der Waals surface area contributed by atoms with Gasteiger partial charge >= 0.3 is 0 Å². The summed E-state index contributed by atoms with van der Waals surface area (Å²) in [4.78, 5) is 21.2. The summed E-state index contributed by atoms with van der Waals surface area (Å²) in [7, 11) is 3.17. The summed E-state index contributed by atoms with van der Waals surface area (Å²) < 4.78 is 10.6. The van der Waals surface area contributed by atoms with Crippen LogP contribution in [0.25, 0.3) is 0 Å². The molecular weight excluding hydrogens is 418 g/mol. The van der Waals surface area contributed by atoms with Crippen LogP contribution >= 0.6 is 0 Å². The predicted molar refractivity (Wildman–Crippen MR) is 128 cm³/mol. The number of aliphatic imine (C=N–C) groups is 1. The van der Waals surface area contributed by atoms with E-state index < -0.39 is 0 Å². The van der Waals surface area contributed by atoms with Crippen molar-refractivity contribution in [3.05, 3.63) is 53.6 Å². The molecule has 8 heteroatoms. The maximum absolute atomic E-state index is 13.2. The number of nitriles is 1. The fourth-order valence-corrected chi connectivity index (χ4v) is 4.30. The first-order valence-electron chi connectivity index (χ1n) is 10.9. The molecule has 0 bridgehead atoms. The Hall–Kier alpha value is -3.73. The van der Waals surface area contributed by atoms with E-state index in [0.29, 0.717) is 30.5 Å². The maximum Gasteiger partial charge on any atom is 0.227 e.